The van der Waals surface area contributed by atoms with Gasteiger partial charge in [-0.05, 0) is 11.1 Å². The first-order valence-electron chi connectivity index (χ1n) is 6.08. The zero-order valence-corrected chi connectivity index (χ0v) is 13.0. The number of hydrogen-bond acceptors (Lipinski definition) is 4. The quantitative estimate of drug-likeness (QED) is 0.494. The first-order valence-corrected chi connectivity index (χ1v) is 6.95. The summed E-state index contributed by atoms with van der Waals surface area (Å²) in [6.07, 6.45) is 1.50. The van der Waals surface area contributed by atoms with E-state index in [4.69, 9.17) is 43.6 Å². The summed E-state index contributed by atoms with van der Waals surface area (Å²) in [6.45, 7) is 0. The number of carbonyl (C=O) groups excluding carboxylic acids is 2. The van der Waals surface area contributed by atoms with E-state index in [2.05, 4.69) is 24.3 Å². The molecular weight excluding hydrogens is 323 g/mol. The molecular formula is C16H14Cl2N2O2. The Morgan fingerprint density at radius 2 is 1.00 bits per heavy atom. The third-order valence-corrected chi connectivity index (χ3v) is 3.07. The lowest BCUT2D eigenvalue weighted by Crippen LogP contribution is -2.08. The fourth-order valence-corrected chi connectivity index (χ4v) is 2.39. The van der Waals surface area contributed by atoms with Crippen LogP contribution in [0.5, 0.6) is 0 Å². The van der Waals surface area contributed by atoms with Crippen LogP contribution in [0, 0.1) is 10.8 Å². The molecule has 2 rings (SSSR count). The smallest absolute Gasteiger partial charge is 0.222 e. The average molecular weight is 337 g/mol. The Balaban J connectivity index is 0.000000639. The largest absolute Gasteiger partial charge is 0.231 e. The van der Waals surface area contributed by atoms with Gasteiger partial charge in [0.2, 0.25) is 12.2 Å². The van der Waals surface area contributed by atoms with Crippen LogP contribution < -0.4 is 0 Å². The van der Waals surface area contributed by atoms with E-state index < -0.39 is 4.84 Å². The van der Waals surface area contributed by atoms with Crippen molar-refractivity contribution in [3.05, 3.63) is 71.8 Å². The highest BCUT2D eigenvalue weighted by Gasteiger charge is 2.20. The minimum Gasteiger partial charge on any atom is -0.222 e. The van der Waals surface area contributed by atoms with E-state index >= 15 is 0 Å². The second-order valence-electron chi connectivity index (χ2n) is 3.84. The first kappa shape index (κ1) is 19.8. The fraction of sp³-hybridized carbons (Fsp3) is 0.125. The summed E-state index contributed by atoms with van der Waals surface area (Å²) >= 11 is 12.2. The van der Waals surface area contributed by atoms with Gasteiger partial charge in [0.25, 0.3) is 0 Å². The van der Waals surface area contributed by atoms with Crippen molar-refractivity contribution in [2.24, 2.45) is 0 Å². The van der Waals surface area contributed by atoms with Crippen molar-refractivity contribution in [2.75, 3.05) is 0 Å². The van der Waals surface area contributed by atoms with Crippen LogP contribution >= 0.6 is 23.2 Å². The summed E-state index contributed by atoms with van der Waals surface area (Å²) in [5, 5.41) is 10.8. The molecule has 2 aromatic rings. The SMILES string of the molecule is ClC(Cl)C(c1ccccc1)c1ccccc1.N=C=O.N=C=O. The Morgan fingerprint density at radius 1 is 0.727 bits per heavy atom. The van der Waals surface area contributed by atoms with E-state index in [1.54, 1.807) is 0 Å². The van der Waals surface area contributed by atoms with Gasteiger partial charge in [-0.25, -0.2) is 20.4 Å². The maximum Gasteiger partial charge on any atom is 0.231 e. The van der Waals surface area contributed by atoms with Gasteiger partial charge in [-0.15, -0.1) is 23.2 Å². The first-order chi connectivity index (χ1) is 10.6. The topological polar surface area (TPSA) is 81.8 Å². The lowest BCUT2D eigenvalue weighted by Gasteiger charge is -2.18. The molecule has 0 fully saturated rings. The third kappa shape index (κ3) is 7.53. The van der Waals surface area contributed by atoms with Crippen molar-refractivity contribution in [2.45, 2.75) is 10.8 Å². The summed E-state index contributed by atoms with van der Waals surface area (Å²) in [7, 11) is 0. The molecule has 0 unspecified atom stereocenters. The predicted molar refractivity (Wildman–Crippen MR) is 87.0 cm³/mol. The van der Waals surface area contributed by atoms with E-state index in [1.807, 2.05) is 36.4 Å². The van der Waals surface area contributed by atoms with Crippen LogP contribution in [0.4, 0.5) is 0 Å². The Bertz CT molecular complexity index is 541. The molecule has 0 aliphatic rings. The van der Waals surface area contributed by atoms with Crippen LogP contribution in [0.15, 0.2) is 60.7 Å². The average Bonchev–Trinajstić information content (AvgIpc) is 2.51. The van der Waals surface area contributed by atoms with E-state index in [0.29, 0.717) is 0 Å². The summed E-state index contributed by atoms with van der Waals surface area (Å²) in [6, 6.07) is 20.2. The van der Waals surface area contributed by atoms with Gasteiger partial charge in [0.05, 0.1) is 0 Å². The van der Waals surface area contributed by atoms with Crippen molar-refractivity contribution < 1.29 is 9.59 Å². The Hall–Kier alpha value is -2.22. The lowest BCUT2D eigenvalue weighted by atomic mass is 9.93. The number of benzene rings is 2. The van der Waals surface area contributed by atoms with Gasteiger partial charge in [0, 0.05) is 5.92 Å². The number of halogens is 2. The third-order valence-electron chi connectivity index (χ3n) is 2.57. The molecule has 6 heteroatoms. The second-order valence-corrected chi connectivity index (χ2v) is 5.00. The highest BCUT2D eigenvalue weighted by Crippen LogP contribution is 2.32. The zero-order chi connectivity index (χ0) is 16.8. The molecule has 2 N–H and O–H groups in total. The lowest BCUT2D eigenvalue weighted by molar-refractivity contribution is 0.562. The molecule has 0 aliphatic carbocycles. The fourth-order valence-electron chi connectivity index (χ4n) is 1.80. The van der Waals surface area contributed by atoms with Crippen LogP contribution in [0.1, 0.15) is 17.0 Å². The molecule has 0 aromatic heterocycles. The zero-order valence-electron chi connectivity index (χ0n) is 11.5. The van der Waals surface area contributed by atoms with Crippen LogP contribution in [0.2, 0.25) is 0 Å². The van der Waals surface area contributed by atoms with Crippen molar-refractivity contribution in [3.8, 4) is 0 Å². The number of isocyanates is 2. The summed E-state index contributed by atoms with van der Waals surface area (Å²) in [4.78, 5) is 16.3. The number of rotatable bonds is 3. The Morgan fingerprint density at radius 3 is 1.23 bits per heavy atom. The standard InChI is InChI=1S/C14H12Cl2.2CHNO/c15-14(16)13(11-7-3-1-4-8-11)12-9-5-2-6-10-12;2*2-1-3/h1-10,13-14H;2*2H. The van der Waals surface area contributed by atoms with Crippen molar-refractivity contribution in [1.82, 2.24) is 0 Å². The number of nitrogens with one attached hydrogen (secondary N) is 2. The molecule has 0 heterocycles. The Labute approximate surface area is 138 Å². The molecule has 0 amide bonds. The predicted octanol–water partition coefficient (Wildman–Crippen LogP) is 4.42. The molecule has 0 aliphatic heterocycles. The van der Waals surface area contributed by atoms with Gasteiger partial charge in [0.15, 0.2) is 0 Å². The molecule has 0 saturated carbocycles. The second kappa shape index (κ2) is 12.5. The molecule has 0 atom stereocenters. The van der Waals surface area contributed by atoms with E-state index in [9.17, 15) is 0 Å². The maximum absolute atomic E-state index is 8.35. The van der Waals surface area contributed by atoms with Gasteiger partial charge in [-0.3, -0.25) is 0 Å². The van der Waals surface area contributed by atoms with Crippen LogP contribution in [0.3, 0.4) is 0 Å². The number of alkyl halides is 2. The summed E-state index contributed by atoms with van der Waals surface area (Å²) in [5.74, 6) is 0.0331. The Kier molecular flexibility index (Phi) is 11.3. The monoisotopic (exact) mass is 336 g/mol. The molecule has 22 heavy (non-hydrogen) atoms. The normalized spacial score (nSPS) is 8.73. The van der Waals surface area contributed by atoms with Gasteiger partial charge in [0.1, 0.15) is 4.84 Å². The van der Waals surface area contributed by atoms with E-state index in [0.717, 1.165) is 23.3 Å². The summed E-state index contributed by atoms with van der Waals surface area (Å²) < 4.78 is 0. The highest BCUT2D eigenvalue weighted by molar-refractivity contribution is 6.45. The van der Waals surface area contributed by atoms with Crippen molar-refractivity contribution in [3.63, 3.8) is 0 Å². The van der Waals surface area contributed by atoms with Gasteiger partial charge >= 0.3 is 0 Å². The highest BCUT2D eigenvalue weighted by atomic mass is 35.5. The van der Waals surface area contributed by atoms with Crippen molar-refractivity contribution >= 4 is 35.4 Å². The minimum atomic E-state index is -0.440. The molecule has 0 radical (unpaired) electrons. The maximum atomic E-state index is 8.35. The van der Waals surface area contributed by atoms with Crippen LogP contribution in [-0.4, -0.2) is 17.0 Å². The van der Waals surface area contributed by atoms with Gasteiger partial charge in [-0.2, -0.15) is 0 Å². The van der Waals surface area contributed by atoms with E-state index in [-0.39, 0.29) is 5.92 Å². The molecule has 0 spiro atoms. The van der Waals surface area contributed by atoms with Gasteiger partial charge in [-0.1, -0.05) is 60.7 Å². The molecule has 0 bridgehead atoms. The minimum absolute atomic E-state index is 0.0331. The van der Waals surface area contributed by atoms with E-state index in [1.165, 1.54) is 0 Å². The molecule has 2 aromatic carbocycles. The van der Waals surface area contributed by atoms with Crippen molar-refractivity contribution in [1.29, 1.82) is 10.8 Å². The molecule has 114 valence electrons. The number of hydrogen-bond donors (Lipinski definition) is 2. The van der Waals surface area contributed by atoms with Gasteiger partial charge < -0.3 is 0 Å². The molecule has 0 saturated heterocycles. The van der Waals surface area contributed by atoms with Crippen LogP contribution in [-0.2, 0) is 9.59 Å². The summed E-state index contributed by atoms with van der Waals surface area (Å²) in [5.41, 5.74) is 2.28. The molecule has 4 nitrogen and oxygen atoms in total. The van der Waals surface area contributed by atoms with Crippen LogP contribution in [0.25, 0.3) is 0 Å².